The van der Waals surface area contributed by atoms with Crippen molar-refractivity contribution in [1.82, 2.24) is 0 Å². The van der Waals surface area contributed by atoms with Gasteiger partial charge in [0.05, 0.1) is 0 Å². The van der Waals surface area contributed by atoms with Crippen molar-refractivity contribution in [1.29, 1.82) is 0 Å². The summed E-state index contributed by atoms with van der Waals surface area (Å²) in [6.45, 7) is 4.60. The smallest absolute Gasteiger partial charge is 0.668 e. The predicted molar refractivity (Wildman–Crippen MR) is 126 cm³/mol. The molecule has 0 saturated heterocycles. The number of rotatable bonds is 2. The third-order valence-electron chi connectivity index (χ3n) is 3.70. The Morgan fingerprint density at radius 3 is 2.18 bits per heavy atom. The summed E-state index contributed by atoms with van der Waals surface area (Å²) in [5.74, 6) is 0. The number of fused-ring (bicyclic) bond motifs is 2. The van der Waals surface area contributed by atoms with E-state index in [-0.39, 0.29) is 34.6 Å². The summed E-state index contributed by atoms with van der Waals surface area (Å²) in [6, 6.07) is 23.1. The molecule has 0 aliphatic heterocycles. The predicted octanol–water partition coefficient (Wildman–Crippen LogP) is 6.25. The van der Waals surface area contributed by atoms with Gasteiger partial charge in [0.15, 0.2) is 0 Å². The van der Waals surface area contributed by atoms with Crippen LogP contribution in [0.4, 0.5) is 0 Å². The van der Waals surface area contributed by atoms with E-state index in [4.69, 9.17) is 0 Å². The van der Waals surface area contributed by atoms with Crippen LogP contribution in [-0.2, 0) is 32.3 Å². The van der Waals surface area contributed by atoms with E-state index >= 15 is 0 Å². The fourth-order valence-corrected chi connectivity index (χ4v) is 3.27. The molecule has 0 fully saturated rings. The molecule has 0 spiro atoms. The van der Waals surface area contributed by atoms with Gasteiger partial charge >= 0.3 is 25.8 Å². The third kappa shape index (κ3) is 11.0. The summed E-state index contributed by atoms with van der Waals surface area (Å²) in [5, 5.41) is 10.2. The summed E-state index contributed by atoms with van der Waals surface area (Å²) in [7, 11) is 5.04. The Kier molecular flexibility index (Phi) is 16.0. The summed E-state index contributed by atoms with van der Waals surface area (Å²) in [4.78, 5) is 0. The first-order valence-electron chi connectivity index (χ1n) is 9.40. The quantitative estimate of drug-likeness (QED) is 0.265. The Morgan fingerprint density at radius 1 is 0.964 bits per heavy atom. The SMILES string of the molecule is C[N-]C.C[N-]C[SiH](C)C.[C-]1=Cc2ccccc2C1.[Hf+4].c1ccc2[cH-]ccc2c1. The van der Waals surface area contributed by atoms with Crippen LogP contribution in [0.15, 0.2) is 66.7 Å². The Hall–Kier alpha value is -1.20. The van der Waals surface area contributed by atoms with Crippen LogP contribution in [0.5, 0.6) is 0 Å². The Labute approximate surface area is 192 Å². The minimum atomic E-state index is -0.337. The van der Waals surface area contributed by atoms with Crippen molar-refractivity contribution in [3.8, 4) is 0 Å². The van der Waals surface area contributed by atoms with Crippen molar-refractivity contribution in [2.75, 3.05) is 27.3 Å². The first-order valence-corrected chi connectivity index (χ1v) is 12.5. The molecule has 0 bridgehead atoms. The molecule has 3 aromatic rings. The van der Waals surface area contributed by atoms with Crippen LogP contribution in [0.2, 0.25) is 13.1 Å². The van der Waals surface area contributed by atoms with Crippen molar-refractivity contribution in [2.45, 2.75) is 19.5 Å². The molecular formula is C24H32HfN2Si. The van der Waals surface area contributed by atoms with Gasteiger partial charge in [0.1, 0.15) is 0 Å². The summed E-state index contributed by atoms with van der Waals surface area (Å²) < 4.78 is 0. The van der Waals surface area contributed by atoms with Gasteiger partial charge in [0.25, 0.3) is 0 Å². The van der Waals surface area contributed by atoms with Crippen molar-refractivity contribution in [3.63, 3.8) is 0 Å². The van der Waals surface area contributed by atoms with Crippen LogP contribution < -0.4 is 0 Å². The molecule has 0 amide bonds. The van der Waals surface area contributed by atoms with Crippen molar-refractivity contribution >= 4 is 25.6 Å². The van der Waals surface area contributed by atoms with E-state index in [2.05, 4.69) is 103 Å². The van der Waals surface area contributed by atoms with Crippen LogP contribution in [0.1, 0.15) is 11.1 Å². The number of allylic oxidation sites excluding steroid dienone is 1. The van der Waals surface area contributed by atoms with Crippen LogP contribution in [0, 0.1) is 6.08 Å². The fourth-order valence-electron chi connectivity index (χ4n) is 2.54. The van der Waals surface area contributed by atoms with E-state index in [1.807, 2.05) is 7.05 Å². The zero-order chi connectivity index (χ0) is 19.9. The third-order valence-corrected chi connectivity index (χ3v) is 4.80. The second kappa shape index (κ2) is 16.7. The Bertz CT molecular complexity index is 751. The van der Waals surface area contributed by atoms with E-state index in [1.54, 1.807) is 14.1 Å². The Morgan fingerprint density at radius 2 is 1.61 bits per heavy atom. The van der Waals surface area contributed by atoms with E-state index in [0.717, 1.165) is 12.6 Å². The van der Waals surface area contributed by atoms with Gasteiger partial charge in [0.2, 0.25) is 0 Å². The number of hydrogen-bond donors (Lipinski definition) is 0. The van der Waals surface area contributed by atoms with Crippen LogP contribution in [-0.4, -0.2) is 36.1 Å². The zero-order valence-corrected chi connectivity index (χ0v) is 22.6. The van der Waals surface area contributed by atoms with Crippen molar-refractivity contribution in [3.05, 3.63) is 94.6 Å². The number of benzene rings is 2. The van der Waals surface area contributed by atoms with Gasteiger partial charge in [-0.3, -0.25) is 6.08 Å². The molecule has 2 nitrogen and oxygen atoms in total. The van der Waals surface area contributed by atoms with E-state index in [0.29, 0.717) is 0 Å². The summed E-state index contributed by atoms with van der Waals surface area (Å²) in [5.41, 5.74) is 2.73. The molecule has 0 atom stereocenters. The molecule has 0 N–H and O–H groups in total. The largest absolute Gasteiger partial charge is 4.00 e. The maximum atomic E-state index is 4.00. The van der Waals surface area contributed by atoms with E-state index < -0.39 is 0 Å². The van der Waals surface area contributed by atoms with Gasteiger partial charge < -0.3 is 10.6 Å². The molecule has 0 unspecified atom stereocenters. The second-order valence-electron chi connectivity index (χ2n) is 6.72. The molecule has 0 radical (unpaired) electrons. The van der Waals surface area contributed by atoms with Crippen molar-refractivity contribution < 1.29 is 25.8 Å². The average molecular weight is 555 g/mol. The summed E-state index contributed by atoms with van der Waals surface area (Å²) >= 11 is 0. The normalized spacial score (nSPS) is 10.5. The van der Waals surface area contributed by atoms with Crippen molar-refractivity contribution in [2.24, 2.45) is 0 Å². The summed E-state index contributed by atoms with van der Waals surface area (Å²) in [6.07, 6.45) is 7.35. The van der Waals surface area contributed by atoms with Gasteiger partial charge in [-0.1, -0.05) is 37.4 Å². The topological polar surface area (TPSA) is 28.2 Å². The molecule has 1 aliphatic rings. The van der Waals surface area contributed by atoms with Crippen LogP contribution in [0.25, 0.3) is 27.5 Å². The molecule has 4 rings (SSSR count). The molecule has 0 aromatic heterocycles. The molecule has 1 aliphatic carbocycles. The standard InChI is InChI=1S/2C9H7.C4H12NSi.C2H6N.Hf/c2*1-2-5-9-7-3-6-8(9)4-1;1-5-4-6(2)3;1-3-2;/h1-2,4-6H,7H2;1-7H;6H,4H2,1-3H3;1-2H3;/q4*-1;+4. The second-order valence-corrected chi connectivity index (χ2v) is 9.87. The molecule has 4 heteroatoms. The molecule has 146 valence electrons. The number of nitrogens with zero attached hydrogens (tertiary/aromatic N) is 2. The first-order chi connectivity index (χ1) is 13.1. The van der Waals surface area contributed by atoms with Gasteiger partial charge in [-0.25, -0.2) is 6.08 Å². The van der Waals surface area contributed by atoms with Crippen LogP contribution in [0.3, 0.4) is 0 Å². The van der Waals surface area contributed by atoms with Gasteiger partial charge in [-0.15, -0.1) is 47.7 Å². The molecule has 3 aromatic carbocycles. The van der Waals surface area contributed by atoms with Gasteiger partial charge in [0, 0.05) is 8.80 Å². The minimum Gasteiger partial charge on any atom is -0.668 e. The molecular weight excluding hydrogens is 523 g/mol. The fraction of sp³-hybridized carbons (Fsp3) is 0.292. The van der Waals surface area contributed by atoms with E-state index in [9.17, 15) is 0 Å². The van der Waals surface area contributed by atoms with Gasteiger partial charge in [-0.2, -0.15) is 50.4 Å². The maximum Gasteiger partial charge on any atom is 4.00 e. The minimum absolute atomic E-state index is 0. The average Bonchev–Trinajstić information content (AvgIpc) is 3.32. The molecule has 0 heterocycles. The zero-order valence-electron chi connectivity index (χ0n) is 17.8. The molecule has 0 saturated carbocycles. The Balaban J connectivity index is 0.000000367. The van der Waals surface area contributed by atoms with Crippen LogP contribution >= 0.6 is 0 Å². The monoisotopic (exact) mass is 556 g/mol. The van der Waals surface area contributed by atoms with Gasteiger partial charge in [-0.05, 0) is 0 Å². The maximum absolute atomic E-state index is 4.00. The molecule has 28 heavy (non-hydrogen) atoms. The number of hydrogen-bond acceptors (Lipinski definition) is 0. The first kappa shape index (κ1) is 26.8. The van der Waals surface area contributed by atoms with E-state index in [1.165, 1.54) is 21.9 Å².